The SMILES string of the molecule is CNC(=O)N(CC(=O)O)c1ccccc1N. The summed E-state index contributed by atoms with van der Waals surface area (Å²) in [5.41, 5.74) is 6.41. The number of hydrogen-bond acceptors (Lipinski definition) is 3. The second-order valence-electron chi connectivity index (χ2n) is 3.09. The van der Waals surface area contributed by atoms with Gasteiger partial charge in [0.25, 0.3) is 0 Å². The van der Waals surface area contributed by atoms with Gasteiger partial charge in [0.15, 0.2) is 0 Å². The van der Waals surface area contributed by atoms with E-state index in [0.717, 1.165) is 4.90 Å². The van der Waals surface area contributed by atoms with Crippen LogP contribution < -0.4 is 16.0 Å². The molecule has 0 aliphatic rings. The number of carboxylic acid groups (broad SMARTS) is 1. The normalized spacial score (nSPS) is 9.56. The number of amides is 2. The van der Waals surface area contributed by atoms with E-state index in [1.807, 2.05) is 0 Å². The highest BCUT2D eigenvalue weighted by Gasteiger charge is 2.19. The molecule has 2 amide bonds. The van der Waals surface area contributed by atoms with Crippen LogP contribution in [0.25, 0.3) is 0 Å². The minimum Gasteiger partial charge on any atom is -0.480 e. The lowest BCUT2D eigenvalue weighted by Crippen LogP contribution is -2.41. The number of anilines is 2. The van der Waals surface area contributed by atoms with Gasteiger partial charge in [0, 0.05) is 7.05 Å². The molecular formula is C10H13N3O3. The zero-order chi connectivity index (χ0) is 12.1. The Hall–Kier alpha value is -2.24. The molecule has 0 unspecified atom stereocenters. The van der Waals surface area contributed by atoms with E-state index in [9.17, 15) is 9.59 Å². The van der Waals surface area contributed by atoms with E-state index in [-0.39, 0.29) is 0 Å². The minimum atomic E-state index is -1.10. The van der Waals surface area contributed by atoms with Crippen LogP contribution in [0.3, 0.4) is 0 Å². The highest BCUT2D eigenvalue weighted by Crippen LogP contribution is 2.22. The van der Waals surface area contributed by atoms with Crippen LogP contribution in [0, 0.1) is 0 Å². The van der Waals surface area contributed by atoms with Gasteiger partial charge in [-0.1, -0.05) is 12.1 Å². The fraction of sp³-hybridized carbons (Fsp3) is 0.200. The molecule has 0 atom stereocenters. The Balaban J connectivity index is 3.06. The van der Waals surface area contributed by atoms with Crippen molar-refractivity contribution in [2.75, 3.05) is 24.2 Å². The van der Waals surface area contributed by atoms with Gasteiger partial charge < -0.3 is 16.2 Å². The minimum absolute atomic E-state index is 0.354. The number of hydrogen-bond donors (Lipinski definition) is 3. The Labute approximate surface area is 92.7 Å². The number of nitrogen functional groups attached to an aromatic ring is 1. The summed E-state index contributed by atoms with van der Waals surface area (Å²) >= 11 is 0. The second-order valence-corrected chi connectivity index (χ2v) is 3.09. The Kier molecular flexibility index (Phi) is 3.71. The van der Waals surface area contributed by atoms with Gasteiger partial charge >= 0.3 is 12.0 Å². The van der Waals surface area contributed by atoms with Gasteiger partial charge in [0.05, 0.1) is 11.4 Å². The van der Waals surface area contributed by atoms with Crippen LogP contribution in [-0.2, 0) is 4.79 Å². The van der Waals surface area contributed by atoms with E-state index in [4.69, 9.17) is 10.8 Å². The average Bonchev–Trinajstić information content (AvgIpc) is 2.26. The first-order chi connectivity index (χ1) is 7.56. The maximum atomic E-state index is 11.5. The first-order valence-corrected chi connectivity index (χ1v) is 4.61. The Bertz CT molecular complexity index is 406. The summed E-state index contributed by atoms with van der Waals surface area (Å²) in [5.74, 6) is -1.10. The fourth-order valence-electron chi connectivity index (χ4n) is 1.27. The van der Waals surface area contributed by atoms with Crippen molar-refractivity contribution < 1.29 is 14.7 Å². The third kappa shape index (κ3) is 2.63. The van der Waals surface area contributed by atoms with E-state index in [2.05, 4.69) is 5.32 Å². The third-order valence-electron chi connectivity index (χ3n) is 1.98. The van der Waals surface area contributed by atoms with Crippen LogP contribution >= 0.6 is 0 Å². The van der Waals surface area contributed by atoms with Gasteiger partial charge in [-0.15, -0.1) is 0 Å². The van der Waals surface area contributed by atoms with Crippen molar-refractivity contribution in [1.29, 1.82) is 0 Å². The van der Waals surface area contributed by atoms with Gasteiger partial charge in [-0.25, -0.2) is 4.79 Å². The molecule has 0 fully saturated rings. The number of nitrogens with one attached hydrogen (secondary N) is 1. The monoisotopic (exact) mass is 223 g/mol. The molecule has 6 heteroatoms. The summed E-state index contributed by atoms with van der Waals surface area (Å²) in [5, 5.41) is 11.1. The zero-order valence-electron chi connectivity index (χ0n) is 8.80. The summed E-state index contributed by atoms with van der Waals surface area (Å²) in [6.45, 7) is -0.437. The van der Waals surface area contributed by atoms with Crippen molar-refractivity contribution >= 4 is 23.4 Å². The second kappa shape index (κ2) is 5.01. The largest absolute Gasteiger partial charge is 0.480 e. The maximum absolute atomic E-state index is 11.5. The van der Waals surface area contributed by atoms with Gasteiger partial charge in [-0.2, -0.15) is 0 Å². The molecule has 1 rings (SSSR count). The molecule has 1 aromatic carbocycles. The Morgan fingerprint density at radius 2 is 2.06 bits per heavy atom. The molecule has 16 heavy (non-hydrogen) atoms. The van der Waals surface area contributed by atoms with Crippen molar-refractivity contribution in [2.24, 2.45) is 0 Å². The van der Waals surface area contributed by atoms with Crippen LogP contribution in [0.15, 0.2) is 24.3 Å². The molecule has 86 valence electrons. The number of urea groups is 1. The molecule has 6 nitrogen and oxygen atoms in total. The molecule has 4 N–H and O–H groups in total. The Morgan fingerprint density at radius 1 is 1.44 bits per heavy atom. The molecule has 0 aromatic heterocycles. The number of carbonyl (C=O) groups is 2. The summed E-state index contributed by atoms with van der Waals surface area (Å²) in [7, 11) is 1.43. The first kappa shape index (κ1) is 11.8. The fourth-order valence-corrected chi connectivity index (χ4v) is 1.27. The van der Waals surface area contributed by atoms with Crippen LogP contribution in [0.2, 0.25) is 0 Å². The van der Waals surface area contributed by atoms with Gasteiger partial charge in [-0.3, -0.25) is 9.69 Å². The van der Waals surface area contributed by atoms with Crippen LogP contribution in [0.1, 0.15) is 0 Å². The molecule has 0 bridgehead atoms. The van der Waals surface area contributed by atoms with Crippen molar-refractivity contribution in [2.45, 2.75) is 0 Å². The predicted octanol–water partition coefficient (Wildman–Crippen LogP) is 0.499. The summed E-state index contributed by atoms with van der Waals surface area (Å²) < 4.78 is 0. The Morgan fingerprint density at radius 3 is 2.56 bits per heavy atom. The van der Waals surface area contributed by atoms with Crippen molar-refractivity contribution in [3.8, 4) is 0 Å². The quantitative estimate of drug-likeness (QED) is 0.650. The lowest BCUT2D eigenvalue weighted by atomic mass is 10.2. The number of nitrogens with zero attached hydrogens (tertiary/aromatic N) is 1. The zero-order valence-corrected chi connectivity index (χ0v) is 8.80. The molecule has 0 aliphatic carbocycles. The molecule has 0 saturated carbocycles. The molecule has 0 heterocycles. The van der Waals surface area contributed by atoms with E-state index in [0.29, 0.717) is 11.4 Å². The number of carbonyl (C=O) groups excluding carboxylic acids is 1. The van der Waals surface area contributed by atoms with Crippen molar-refractivity contribution in [3.63, 3.8) is 0 Å². The molecule has 0 aliphatic heterocycles. The molecular weight excluding hydrogens is 210 g/mol. The molecule has 1 aromatic rings. The first-order valence-electron chi connectivity index (χ1n) is 4.61. The van der Waals surface area contributed by atoms with E-state index >= 15 is 0 Å². The number of nitrogens with two attached hydrogens (primary N) is 1. The molecule has 0 saturated heterocycles. The summed E-state index contributed by atoms with van der Waals surface area (Å²) in [4.78, 5) is 23.2. The number of aliphatic carboxylic acids is 1. The number of rotatable bonds is 3. The van der Waals surface area contributed by atoms with Gasteiger partial charge in [0.2, 0.25) is 0 Å². The topological polar surface area (TPSA) is 95.7 Å². The van der Waals surface area contributed by atoms with E-state index in [1.165, 1.54) is 7.05 Å². The smallest absolute Gasteiger partial charge is 0.323 e. The average molecular weight is 223 g/mol. The highest BCUT2D eigenvalue weighted by molar-refractivity contribution is 5.98. The van der Waals surface area contributed by atoms with Crippen LogP contribution in [0.4, 0.5) is 16.2 Å². The van der Waals surface area contributed by atoms with Crippen LogP contribution in [0.5, 0.6) is 0 Å². The lowest BCUT2D eigenvalue weighted by molar-refractivity contribution is -0.135. The van der Waals surface area contributed by atoms with Gasteiger partial charge in [-0.05, 0) is 12.1 Å². The third-order valence-corrected chi connectivity index (χ3v) is 1.98. The maximum Gasteiger partial charge on any atom is 0.323 e. The highest BCUT2D eigenvalue weighted by atomic mass is 16.4. The van der Waals surface area contributed by atoms with Crippen molar-refractivity contribution in [3.05, 3.63) is 24.3 Å². The molecule has 0 radical (unpaired) electrons. The molecule has 0 spiro atoms. The van der Waals surface area contributed by atoms with Crippen LogP contribution in [-0.4, -0.2) is 30.7 Å². The standard InChI is InChI=1S/C10H13N3O3/c1-12-10(16)13(6-9(14)15)8-5-3-2-4-7(8)11/h2-5H,6,11H2,1H3,(H,12,16)(H,14,15). The van der Waals surface area contributed by atoms with E-state index in [1.54, 1.807) is 24.3 Å². The van der Waals surface area contributed by atoms with Gasteiger partial charge in [0.1, 0.15) is 6.54 Å². The van der Waals surface area contributed by atoms with E-state index < -0.39 is 18.5 Å². The summed E-state index contributed by atoms with van der Waals surface area (Å²) in [6.07, 6.45) is 0. The number of carboxylic acids is 1. The number of benzene rings is 1. The summed E-state index contributed by atoms with van der Waals surface area (Å²) in [6, 6.07) is 6.08. The lowest BCUT2D eigenvalue weighted by Gasteiger charge is -2.21. The predicted molar refractivity (Wildman–Crippen MR) is 60.3 cm³/mol. The van der Waals surface area contributed by atoms with Crippen molar-refractivity contribution in [1.82, 2.24) is 5.32 Å². The number of para-hydroxylation sites is 2.